The number of carbonyl (C=O) groups is 2. The molecule has 0 aromatic rings. The van der Waals surface area contributed by atoms with E-state index in [1.54, 1.807) is 0 Å². The fourth-order valence-corrected chi connectivity index (χ4v) is 0.799. The first-order chi connectivity index (χ1) is 8.04. The van der Waals surface area contributed by atoms with E-state index in [1.807, 2.05) is 0 Å². The summed E-state index contributed by atoms with van der Waals surface area (Å²) in [6.45, 7) is 5.64. The van der Waals surface area contributed by atoms with Crippen LogP contribution in [0.3, 0.4) is 0 Å². The number of alkyl halides is 3. The van der Waals surface area contributed by atoms with Crippen LogP contribution < -0.4 is 5.43 Å². The molecule has 0 bridgehead atoms. The second kappa shape index (κ2) is 6.31. The van der Waals surface area contributed by atoms with Gasteiger partial charge >= 0.3 is 18.5 Å². The van der Waals surface area contributed by atoms with Crippen LogP contribution in [0.2, 0.25) is 0 Å². The zero-order valence-electron chi connectivity index (χ0n) is 10.4. The van der Waals surface area contributed by atoms with Crippen LogP contribution in [-0.4, -0.2) is 35.7 Å². The molecule has 0 unspecified atom stereocenters. The summed E-state index contributed by atoms with van der Waals surface area (Å²) in [6, 6.07) is 0. The molecule has 1 N–H and O–H groups in total. The van der Waals surface area contributed by atoms with E-state index in [4.69, 9.17) is 0 Å². The van der Waals surface area contributed by atoms with Gasteiger partial charge in [0.25, 0.3) is 0 Å². The monoisotopic (exact) mass is 272 g/mol. The maximum Gasteiger partial charge on any atom is 0.508 e. The fraction of sp³-hybridized carbons (Fsp3) is 0.778. The predicted octanol–water partition coefficient (Wildman–Crippen LogP) is 2.40. The highest BCUT2D eigenvalue weighted by Gasteiger charge is 2.44. The van der Waals surface area contributed by atoms with Gasteiger partial charge in [0, 0.05) is 0 Å². The molecule has 0 heterocycles. The van der Waals surface area contributed by atoms with Crippen LogP contribution in [-0.2, 0) is 9.47 Å². The van der Waals surface area contributed by atoms with E-state index in [1.165, 1.54) is 33.1 Å². The lowest BCUT2D eigenvalue weighted by molar-refractivity contribution is -0.244. The summed E-state index contributed by atoms with van der Waals surface area (Å²) in [5.74, 6) is 0. The highest BCUT2D eigenvalue weighted by molar-refractivity contribution is 5.74. The number of hydrogen-bond donors (Lipinski definition) is 1. The summed E-state index contributed by atoms with van der Waals surface area (Å²) < 4.78 is 46.2. The zero-order valence-corrected chi connectivity index (χ0v) is 10.4. The Bertz CT molecular complexity index is 305. The van der Waals surface area contributed by atoms with Crippen molar-refractivity contribution in [1.29, 1.82) is 0 Å². The first-order valence-electron chi connectivity index (χ1n) is 5.09. The first-order valence-corrected chi connectivity index (χ1v) is 5.09. The van der Waals surface area contributed by atoms with Gasteiger partial charge in [-0.15, -0.1) is 18.2 Å². The Hall–Kier alpha value is -1.67. The van der Waals surface area contributed by atoms with E-state index in [0.29, 0.717) is 0 Å². The van der Waals surface area contributed by atoms with Gasteiger partial charge in [0.05, 0.1) is 12.2 Å². The number of hydrazine groups is 1. The summed E-state index contributed by atoms with van der Waals surface area (Å²) in [5.41, 5.74) is 1.27. The second-order valence-electron chi connectivity index (χ2n) is 3.80. The average molecular weight is 272 g/mol. The second-order valence-corrected chi connectivity index (χ2v) is 3.80. The minimum Gasteiger partial charge on any atom is -0.446 e. The average Bonchev–Trinajstić information content (AvgIpc) is 2.09. The van der Waals surface area contributed by atoms with Gasteiger partial charge in [-0.1, -0.05) is 0 Å². The van der Waals surface area contributed by atoms with Crippen molar-refractivity contribution < 1.29 is 32.2 Å². The largest absolute Gasteiger partial charge is 0.508 e. The SMILES string of the molecule is CC(C)OC(=O)NN(C(=O)OC(C)C)C(F)(F)F. The molecule has 9 heteroatoms. The Kier molecular flexibility index (Phi) is 5.73. The highest BCUT2D eigenvalue weighted by Crippen LogP contribution is 2.20. The van der Waals surface area contributed by atoms with Crippen LogP contribution in [0.15, 0.2) is 0 Å². The smallest absolute Gasteiger partial charge is 0.446 e. The van der Waals surface area contributed by atoms with Gasteiger partial charge in [0.2, 0.25) is 0 Å². The number of nitrogens with zero attached hydrogens (tertiary/aromatic N) is 1. The standard InChI is InChI=1S/C9H15F3N2O4/c1-5(2)17-7(15)13-14(9(10,11)12)8(16)18-6(3)4/h5-6H,1-4H3,(H,13,15). The minimum atomic E-state index is -5.11. The molecule has 0 aliphatic heterocycles. The summed E-state index contributed by atoms with van der Waals surface area (Å²) in [5, 5.41) is -0.877. The van der Waals surface area contributed by atoms with Crippen molar-refractivity contribution in [3.63, 3.8) is 0 Å². The quantitative estimate of drug-likeness (QED) is 0.619. The van der Waals surface area contributed by atoms with Gasteiger partial charge in [-0.25, -0.2) is 15.0 Å². The molecule has 0 aliphatic carbocycles. The van der Waals surface area contributed by atoms with Crippen LogP contribution in [0.1, 0.15) is 27.7 Å². The Balaban J connectivity index is 4.71. The number of rotatable bonds is 2. The molecule has 0 aromatic heterocycles. The molecule has 6 nitrogen and oxygen atoms in total. The zero-order chi connectivity index (χ0) is 14.5. The molecule has 0 aromatic carbocycles. The molecule has 18 heavy (non-hydrogen) atoms. The van der Waals surface area contributed by atoms with E-state index in [0.717, 1.165) is 0 Å². The number of nitrogens with one attached hydrogen (secondary N) is 1. The van der Waals surface area contributed by atoms with E-state index < -0.39 is 35.7 Å². The minimum absolute atomic E-state index is 0.624. The van der Waals surface area contributed by atoms with Crippen LogP contribution in [0.4, 0.5) is 22.8 Å². The summed E-state index contributed by atoms with van der Waals surface area (Å²) in [6.07, 6.45) is -9.63. The van der Waals surface area contributed by atoms with Crippen molar-refractivity contribution in [1.82, 2.24) is 10.4 Å². The van der Waals surface area contributed by atoms with Crippen LogP contribution >= 0.6 is 0 Å². The van der Waals surface area contributed by atoms with E-state index in [-0.39, 0.29) is 0 Å². The molecule has 0 aliphatic rings. The van der Waals surface area contributed by atoms with Crippen molar-refractivity contribution in [2.75, 3.05) is 0 Å². The molecule has 0 fully saturated rings. The molecule has 0 rings (SSSR count). The number of ether oxygens (including phenoxy) is 2. The van der Waals surface area contributed by atoms with Crippen molar-refractivity contribution in [2.45, 2.75) is 46.2 Å². The molecular formula is C9H15F3N2O4. The molecule has 0 saturated carbocycles. The van der Waals surface area contributed by atoms with Crippen molar-refractivity contribution in [2.24, 2.45) is 0 Å². The van der Waals surface area contributed by atoms with Crippen molar-refractivity contribution in [3.8, 4) is 0 Å². The Morgan fingerprint density at radius 1 is 1.06 bits per heavy atom. The van der Waals surface area contributed by atoms with Gasteiger partial charge in [0.15, 0.2) is 0 Å². The molecular weight excluding hydrogens is 257 g/mol. The maximum absolute atomic E-state index is 12.5. The van der Waals surface area contributed by atoms with Crippen molar-refractivity contribution in [3.05, 3.63) is 0 Å². The first kappa shape index (κ1) is 16.3. The lowest BCUT2D eigenvalue weighted by atomic mass is 10.5. The number of hydrogen-bond acceptors (Lipinski definition) is 4. The molecule has 106 valence electrons. The van der Waals surface area contributed by atoms with Crippen LogP contribution in [0.5, 0.6) is 0 Å². The highest BCUT2D eigenvalue weighted by atomic mass is 19.4. The third-order valence-corrected chi connectivity index (χ3v) is 1.32. The third kappa shape index (κ3) is 6.16. The van der Waals surface area contributed by atoms with Gasteiger partial charge in [-0.05, 0) is 27.7 Å². The Labute approximate surface area is 102 Å². The lowest BCUT2D eigenvalue weighted by Gasteiger charge is -2.25. The lowest BCUT2D eigenvalue weighted by Crippen LogP contribution is -2.54. The summed E-state index contributed by atoms with van der Waals surface area (Å²) in [4.78, 5) is 22.2. The fourth-order valence-electron chi connectivity index (χ4n) is 0.799. The van der Waals surface area contributed by atoms with Gasteiger partial charge in [-0.3, -0.25) is 0 Å². The third-order valence-electron chi connectivity index (χ3n) is 1.32. The molecule has 0 atom stereocenters. The maximum atomic E-state index is 12.5. The normalized spacial score (nSPS) is 11.4. The molecule has 2 amide bonds. The van der Waals surface area contributed by atoms with E-state index in [2.05, 4.69) is 9.47 Å². The van der Waals surface area contributed by atoms with Gasteiger partial charge in [0.1, 0.15) is 0 Å². The van der Waals surface area contributed by atoms with E-state index in [9.17, 15) is 22.8 Å². The Morgan fingerprint density at radius 3 is 1.83 bits per heavy atom. The van der Waals surface area contributed by atoms with Gasteiger partial charge < -0.3 is 9.47 Å². The van der Waals surface area contributed by atoms with Gasteiger partial charge in [-0.2, -0.15) is 0 Å². The predicted molar refractivity (Wildman–Crippen MR) is 54.3 cm³/mol. The van der Waals surface area contributed by atoms with Crippen LogP contribution in [0, 0.1) is 0 Å². The van der Waals surface area contributed by atoms with E-state index >= 15 is 0 Å². The summed E-state index contributed by atoms with van der Waals surface area (Å²) >= 11 is 0. The number of halogens is 3. The topological polar surface area (TPSA) is 67.9 Å². The Morgan fingerprint density at radius 2 is 1.50 bits per heavy atom. The number of carbonyl (C=O) groups excluding carboxylic acids is 2. The summed E-state index contributed by atoms with van der Waals surface area (Å²) in [7, 11) is 0. The van der Waals surface area contributed by atoms with Crippen LogP contribution in [0.25, 0.3) is 0 Å². The number of amides is 2. The molecule has 0 radical (unpaired) electrons. The van der Waals surface area contributed by atoms with Crippen molar-refractivity contribution >= 4 is 12.2 Å². The molecule has 0 spiro atoms. The molecule has 0 saturated heterocycles.